The third kappa shape index (κ3) is 2.48. The summed E-state index contributed by atoms with van der Waals surface area (Å²) < 4.78 is 6.99. The minimum atomic E-state index is -0.0507. The summed E-state index contributed by atoms with van der Waals surface area (Å²) in [5.74, 6) is 4.89. The van der Waals surface area contributed by atoms with E-state index in [9.17, 15) is 4.79 Å². The Labute approximate surface area is 182 Å². The zero-order valence-electron chi connectivity index (χ0n) is 19.5. The highest BCUT2D eigenvalue weighted by Crippen LogP contribution is 2.70. The molecular formula is C27H41NO2. The average Bonchev–Trinajstić information content (AvgIpc) is 3.16. The lowest BCUT2D eigenvalue weighted by molar-refractivity contribution is -0.120. The van der Waals surface area contributed by atoms with Gasteiger partial charge in [0.2, 0.25) is 0 Å². The summed E-state index contributed by atoms with van der Waals surface area (Å²) >= 11 is 0. The molecule has 5 fully saturated rings. The van der Waals surface area contributed by atoms with Crippen molar-refractivity contribution in [3.05, 3.63) is 11.6 Å². The number of piperidine rings is 1. The van der Waals surface area contributed by atoms with Crippen molar-refractivity contribution in [3.63, 3.8) is 0 Å². The molecule has 10 atom stereocenters. The second-order valence-electron chi connectivity index (χ2n) is 12.6. The number of hydrogen-bond donors (Lipinski definition) is 1. The molecule has 0 aromatic carbocycles. The van der Waals surface area contributed by atoms with Gasteiger partial charge in [-0.15, -0.1) is 0 Å². The number of carbonyl (C=O) groups is 1. The first-order valence-corrected chi connectivity index (χ1v) is 12.9. The van der Waals surface area contributed by atoms with Gasteiger partial charge in [0.1, 0.15) is 5.72 Å². The van der Waals surface area contributed by atoms with Crippen molar-refractivity contribution in [2.45, 2.75) is 97.3 Å². The molecular weight excluding hydrogens is 370 g/mol. The van der Waals surface area contributed by atoms with E-state index in [0.717, 1.165) is 49.5 Å². The quantitative estimate of drug-likeness (QED) is 0.572. The molecule has 2 heterocycles. The average molecular weight is 412 g/mol. The zero-order valence-corrected chi connectivity index (χ0v) is 19.5. The van der Waals surface area contributed by atoms with Crippen molar-refractivity contribution >= 4 is 5.78 Å². The van der Waals surface area contributed by atoms with E-state index >= 15 is 0 Å². The van der Waals surface area contributed by atoms with Gasteiger partial charge in [-0.05, 0) is 97.9 Å². The highest BCUT2D eigenvalue weighted by Gasteiger charge is 2.68. The number of rotatable bonds is 0. The lowest BCUT2D eigenvalue weighted by Crippen LogP contribution is -2.57. The highest BCUT2D eigenvalue weighted by molar-refractivity contribution is 5.91. The number of ether oxygens (including phenoxy) is 1. The molecule has 0 aromatic heterocycles. The Kier molecular flexibility index (Phi) is 4.29. The summed E-state index contributed by atoms with van der Waals surface area (Å²) in [6.45, 7) is 11.1. The van der Waals surface area contributed by atoms with Crippen molar-refractivity contribution in [1.82, 2.24) is 5.32 Å². The van der Waals surface area contributed by atoms with E-state index < -0.39 is 0 Å². The normalized spacial score (nSPS) is 57.4. The van der Waals surface area contributed by atoms with Gasteiger partial charge in [0.15, 0.2) is 5.78 Å². The predicted octanol–water partition coefficient (Wildman–Crippen LogP) is 5.50. The van der Waals surface area contributed by atoms with Crippen LogP contribution in [0, 0.1) is 46.3 Å². The van der Waals surface area contributed by atoms with Gasteiger partial charge in [-0.1, -0.05) is 33.3 Å². The second kappa shape index (κ2) is 6.44. The van der Waals surface area contributed by atoms with Crippen molar-refractivity contribution < 1.29 is 9.53 Å². The van der Waals surface area contributed by atoms with Crippen molar-refractivity contribution in [3.8, 4) is 0 Å². The molecule has 0 bridgehead atoms. The van der Waals surface area contributed by atoms with Crippen molar-refractivity contribution in [1.29, 1.82) is 0 Å². The number of carbonyl (C=O) groups excluding carboxylic acids is 1. The standard InChI is InChI=1S/C27H41NO2/c1-16-7-12-27(28-15-16)17(2)24-23(30-27)14-22-20-6-5-18-13-19(29)8-10-25(18,3)21(20)9-11-26(22,24)4/h13,16-17,20-24,28H,5-12,14-15H2,1-4H3/t16-,17-,20-,21+,22+,23+,24+,25+,26+,27-/m1/s1. The topological polar surface area (TPSA) is 38.3 Å². The largest absolute Gasteiger partial charge is 0.357 e. The van der Waals surface area contributed by atoms with Crippen LogP contribution in [0.4, 0.5) is 0 Å². The maximum absolute atomic E-state index is 12.1. The molecule has 3 nitrogen and oxygen atoms in total. The maximum Gasteiger partial charge on any atom is 0.155 e. The van der Waals surface area contributed by atoms with E-state index in [-0.39, 0.29) is 11.1 Å². The minimum absolute atomic E-state index is 0.0507. The van der Waals surface area contributed by atoms with Crippen LogP contribution in [-0.2, 0) is 9.53 Å². The minimum Gasteiger partial charge on any atom is -0.357 e. The van der Waals surface area contributed by atoms with Gasteiger partial charge >= 0.3 is 0 Å². The molecule has 1 N–H and O–H groups in total. The first-order valence-electron chi connectivity index (χ1n) is 12.9. The van der Waals surface area contributed by atoms with Crippen LogP contribution in [0.2, 0.25) is 0 Å². The summed E-state index contributed by atoms with van der Waals surface area (Å²) in [4.78, 5) is 12.1. The van der Waals surface area contributed by atoms with Gasteiger partial charge in [0.25, 0.3) is 0 Å². The molecule has 3 heteroatoms. The lowest BCUT2D eigenvalue weighted by Gasteiger charge is -2.58. The summed E-state index contributed by atoms with van der Waals surface area (Å²) in [5, 5.41) is 3.88. The van der Waals surface area contributed by atoms with Gasteiger partial charge in [0.05, 0.1) is 6.10 Å². The first-order chi connectivity index (χ1) is 14.3. The van der Waals surface area contributed by atoms with E-state index in [1.165, 1.54) is 44.1 Å². The number of nitrogens with one attached hydrogen (secondary N) is 1. The Hall–Kier alpha value is -0.670. The Morgan fingerprint density at radius 3 is 2.63 bits per heavy atom. The fourth-order valence-electron chi connectivity index (χ4n) is 9.76. The van der Waals surface area contributed by atoms with E-state index in [2.05, 4.69) is 33.0 Å². The van der Waals surface area contributed by atoms with Crippen LogP contribution in [-0.4, -0.2) is 24.2 Å². The van der Waals surface area contributed by atoms with Crippen LogP contribution in [0.15, 0.2) is 11.6 Å². The second-order valence-corrected chi connectivity index (χ2v) is 12.6. The molecule has 3 saturated carbocycles. The Morgan fingerprint density at radius 1 is 1.03 bits per heavy atom. The van der Waals surface area contributed by atoms with Gasteiger partial charge in [-0.3, -0.25) is 10.1 Å². The number of fused-ring (bicyclic) bond motifs is 7. The fraction of sp³-hybridized carbons (Fsp3) is 0.889. The summed E-state index contributed by atoms with van der Waals surface area (Å²) in [7, 11) is 0. The molecule has 2 saturated heterocycles. The number of allylic oxidation sites excluding steroid dienone is 1. The molecule has 1 spiro atoms. The molecule has 0 unspecified atom stereocenters. The number of ketones is 1. The van der Waals surface area contributed by atoms with Gasteiger partial charge in [0, 0.05) is 18.9 Å². The molecule has 4 aliphatic carbocycles. The Bertz CT molecular complexity index is 780. The summed E-state index contributed by atoms with van der Waals surface area (Å²) in [5.41, 5.74) is 2.16. The van der Waals surface area contributed by atoms with Gasteiger partial charge < -0.3 is 4.74 Å². The summed E-state index contributed by atoms with van der Waals surface area (Å²) in [6, 6.07) is 0. The molecule has 0 radical (unpaired) electrons. The zero-order chi connectivity index (χ0) is 20.9. The molecule has 0 aromatic rings. The Balaban J connectivity index is 1.28. The molecule has 166 valence electrons. The van der Waals surface area contributed by atoms with E-state index in [1.54, 1.807) is 0 Å². The molecule has 6 aliphatic rings. The van der Waals surface area contributed by atoms with Crippen LogP contribution in [0.1, 0.15) is 85.5 Å². The van der Waals surface area contributed by atoms with Crippen molar-refractivity contribution in [2.24, 2.45) is 46.3 Å². The van der Waals surface area contributed by atoms with Gasteiger partial charge in [-0.25, -0.2) is 0 Å². The molecule has 2 aliphatic heterocycles. The van der Waals surface area contributed by atoms with E-state index in [4.69, 9.17) is 4.74 Å². The summed E-state index contributed by atoms with van der Waals surface area (Å²) in [6.07, 6.45) is 13.3. The molecule has 30 heavy (non-hydrogen) atoms. The van der Waals surface area contributed by atoms with Crippen LogP contribution < -0.4 is 5.32 Å². The highest BCUT2D eigenvalue weighted by atomic mass is 16.5. The maximum atomic E-state index is 12.1. The van der Waals surface area contributed by atoms with Crippen LogP contribution in [0.25, 0.3) is 0 Å². The van der Waals surface area contributed by atoms with Gasteiger partial charge in [-0.2, -0.15) is 0 Å². The van der Waals surface area contributed by atoms with E-state index in [1.807, 2.05) is 6.08 Å². The van der Waals surface area contributed by atoms with Crippen LogP contribution >= 0.6 is 0 Å². The monoisotopic (exact) mass is 411 g/mol. The molecule has 0 amide bonds. The smallest absolute Gasteiger partial charge is 0.155 e. The first kappa shape index (κ1) is 20.0. The van der Waals surface area contributed by atoms with Crippen LogP contribution in [0.3, 0.4) is 0 Å². The predicted molar refractivity (Wildman–Crippen MR) is 119 cm³/mol. The Morgan fingerprint density at radius 2 is 1.87 bits per heavy atom. The SMILES string of the molecule is C[C@@H]1CC[C@@]2(NC1)O[C@H]1C[C@H]3[C@@H]4CCC5=CC(=O)CC[C@]5(C)[C@H]4CC[C@]3(C)[C@H]1[C@H]2C. The molecule has 6 rings (SSSR count). The number of hydrogen-bond acceptors (Lipinski definition) is 3. The van der Waals surface area contributed by atoms with Crippen LogP contribution in [0.5, 0.6) is 0 Å². The fourth-order valence-corrected chi connectivity index (χ4v) is 9.76. The lowest BCUT2D eigenvalue weighted by atomic mass is 9.46. The van der Waals surface area contributed by atoms with Crippen molar-refractivity contribution in [2.75, 3.05) is 6.54 Å². The third-order valence-corrected chi connectivity index (χ3v) is 11.4. The third-order valence-electron chi connectivity index (χ3n) is 11.4. The van der Waals surface area contributed by atoms with E-state index in [0.29, 0.717) is 29.1 Å².